The monoisotopic (exact) mass is 484 g/mol. The van der Waals surface area contributed by atoms with E-state index in [1.165, 1.54) is 25.0 Å². The number of pyridine rings is 1. The molecule has 5 rings (SSSR count). The number of nitrogens with zero attached hydrogens (tertiary/aromatic N) is 7. The summed E-state index contributed by atoms with van der Waals surface area (Å²) in [4.78, 5) is 32.4. The maximum absolute atomic E-state index is 15.6. The van der Waals surface area contributed by atoms with Crippen molar-refractivity contribution in [2.24, 2.45) is 13.0 Å². The van der Waals surface area contributed by atoms with Gasteiger partial charge >= 0.3 is 0 Å². The maximum atomic E-state index is 15.6. The molecule has 1 aliphatic carbocycles. The van der Waals surface area contributed by atoms with Gasteiger partial charge in [0.05, 0.1) is 18.2 Å². The van der Waals surface area contributed by atoms with Gasteiger partial charge in [-0.05, 0) is 19.4 Å². The number of hydrogen-bond donors (Lipinski definition) is 3. The molecule has 14 heteroatoms. The van der Waals surface area contributed by atoms with E-state index in [1.54, 1.807) is 13.1 Å². The molecule has 0 aromatic carbocycles. The van der Waals surface area contributed by atoms with Gasteiger partial charge in [0.25, 0.3) is 5.91 Å². The Morgan fingerprint density at radius 1 is 1.20 bits per heavy atom. The average molecular weight is 484 g/mol. The smallest absolute Gasteiger partial charge is 0.273 e. The van der Waals surface area contributed by atoms with Crippen LogP contribution < -0.4 is 20.9 Å². The molecule has 0 radical (unpaired) electrons. The fourth-order valence-corrected chi connectivity index (χ4v) is 4.11. The summed E-state index contributed by atoms with van der Waals surface area (Å²) in [7, 11) is 4.90. The Balaban J connectivity index is 1.56. The largest absolute Gasteiger partial charge is 0.365 e. The van der Waals surface area contributed by atoms with E-state index >= 15 is 4.39 Å². The van der Waals surface area contributed by atoms with Crippen molar-refractivity contribution in [3.8, 4) is 11.3 Å². The quantitative estimate of drug-likeness (QED) is 0.491. The van der Waals surface area contributed by atoms with Gasteiger partial charge in [-0.3, -0.25) is 9.59 Å². The Bertz CT molecular complexity index is 1370. The molecule has 2 aliphatic rings. The van der Waals surface area contributed by atoms with Crippen molar-refractivity contribution >= 4 is 34.8 Å². The molecule has 0 saturated heterocycles. The van der Waals surface area contributed by atoms with E-state index in [0.29, 0.717) is 23.5 Å². The number of aromatic nitrogens is 6. The minimum absolute atomic E-state index is 0.0338. The summed E-state index contributed by atoms with van der Waals surface area (Å²) in [5, 5.41) is 23.8. The van der Waals surface area contributed by atoms with Gasteiger partial charge in [0.2, 0.25) is 5.91 Å². The van der Waals surface area contributed by atoms with Crippen LogP contribution in [0.1, 0.15) is 29.5 Å². The van der Waals surface area contributed by atoms with Gasteiger partial charge in [-0.15, -0.1) is 10.2 Å². The lowest BCUT2D eigenvalue weighted by atomic mass is 10.0. The Morgan fingerprint density at radius 3 is 2.63 bits per heavy atom. The SMILES string of the molecule is CNC(=O)c1nnc(NC(=O)[C@@H]2CC2(C)F)c(F)c1Nc1nccc2c1N(C)Cc1nn(C)nc1-2. The molecule has 3 N–H and O–H groups in total. The second-order valence-electron chi connectivity index (χ2n) is 8.71. The number of anilines is 4. The third-order valence-corrected chi connectivity index (χ3v) is 6.06. The average Bonchev–Trinajstić information content (AvgIpc) is 3.29. The molecule has 1 fully saturated rings. The number of nitrogens with one attached hydrogen (secondary N) is 3. The van der Waals surface area contributed by atoms with Crippen molar-refractivity contribution in [1.82, 2.24) is 35.5 Å². The number of carbonyl (C=O) groups is 2. The molecular formula is C21H22F2N10O2. The Labute approximate surface area is 198 Å². The topological polar surface area (TPSA) is 143 Å². The van der Waals surface area contributed by atoms with Gasteiger partial charge in [-0.25, -0.2) is 13.8 Å². The number of halogens is 2. The minimum atomic E-state index is -1.64. The fourth-order valence-electron chi connectivity index (χ4n) is 4.11. The molecule has 182 valence electrons. The Morgan fingerprint density at radius 2 is 1.94 bits per heavy atom. The van der Waals surface area contributed by atoms with Crippen LogP contribution in [0.3, 0.4) is 0 Å². The maximum Gasteiger partial charge on any atom is 0.273 e. The van der Waals surface area contributed by atoms with Crippen LogP contribution in [0, 0.1) is 11.7 Å². The fraction of sp³-hybridized carbons (Fsp3) is 0.381. The summed E-state index contributed by atoms with van der Waals surface area (Å²) in [6.45, 7) is 1.73. The Kier molecular flexibility index (Phi) is 5.11. The third kappa shape index (κ3) is 3.80. The molecule has 2 amide bonds. The number of carbonyl (C=O) groups excluding carboxylic acids is 2. The van der Waals surface area contributed by atoms with Crippen molar-refractivity contribution in [2.45, 2.75) is 25.6 Å². The normalized spacial score (nSPS) is 20.1. The minimum Gasteiger partial charge on any atom is -0.365 e. The summed E-state index contributed by atoms with van der Waals surface area (Å²) in [5.74, 6) is -3.66. The number of aryl methyl sites for hydroxylation is 1. The highest BCUT2D eigenvalue weighted by molar-refractivity contribution is 6.01. The Hall–Kier alpha value is -4.23. The molecule has 2 atom stereocenters. The second-order valence-corrected chi connectivity index (χ2v) is 8.71. The van der Waals surface area contributed by atoms with Crippen molar-refractivity contribution in [1.29, 1.82) is 0 Å². The molecule has 12 nitrogen and oxygen atoms in total. The summed E-state index contributed by atoms with van der Waals surface area (Å²) in [5.41, 5.74) is 0.429. The van der Waals surface area contributed by atoms with Crippen molar-refractivity contribution in [2.75, 3.05) is 29.6 Å². The van der Waals surface area contributed by atoms with Crippen LogP contribution in [0.25, 0.3) is 11.3 Å². The van der Waals surface area contributed by atoms with Gasteiger partial charge in [-0.2, -0.15) is 15.0 Å². The van der Waals surface area contributed by atoms with Gasteiger partial charge in [0.1, 0.15) is 22.7 Å². The first-order valence-electron chi connectivity index (χ1n) is 10.8. The van der Waals surface area contributed by atoms with Crippen LogP contribution in [0.5, 0.6) is 0 Å². The number of alkyl halides is 1. The van der Waals surface area contributed by atoms with E-state index < -0.39 is 35.0 Å². The highest BCUT2D eigenvalue weighted by Crippen LogP contribution is 2.47. The van der Waals surface area contributed by atoms with E-state index in [0.717, 1.165) is 5.69 Å². The van der Waals surface area contributed by atoms with Crippen LogP contribution in [0.15, 0.2) is 12.3 Å². The van der Waals surface area contributed by atoms with Crippen molar-refractivity contribution < 1.29 is 18.4 Å². The first kappa shape index (κ1) is 22.6. The van der Waals surface area contributed by atoms with E-state index in [2.05, 4.69) is 41.3 Å². The predicted molar refractivity (Wildman–Crippen MR) is 121 cm³/mol. The van der Waals surface area contributed by atoms with Crippen molar-refractivity contribution in [3.63, 3.8) is 0 Å². The van der Waals surface area contributed by atoms with E-state index in [-0.39, 0.29) is 23.6 Å². The highest BCUT2D eigenvalue weighted by Gasteiger charge is 2.56. The van der Waals surface area contributed by atoms with Gasteiger partial charge in [0.15, 0.2) is 23.1 Å². The van der Waals surface area contributed by atoms with Gasteiger partial charge in [0, 0.05) is 32.9 Å². The first-order chi connectivity index (χ1) is 16.6. The third-order valence-electron chi connectivity index (χ3n) is 6.06. The van der Waals surface area contributed by atoms with Crippen LogP contribution in [0.4, 0.5) is 31.8 Å². The highest BCUT2D eigenvalue weighted by atomic mass is 19.1. The second kappa shape index (κ2) is 7.92. The van der Waals surface area contributed by atoms with Gasteiger partial charge < -0.3 is 20.9 Å². The summed E-state index contributed by atoms with van der Waals surface area (Å²) < 4.78 is 29.5. The van der Waals surface area contributed by atoms with Crippen LogP contribution in [0.2, 0.25) is 0 Å². The summed E-state index contributed by atoms with van der Waals surface area (Å²) in [6.07, 6.45) is 1.55. The zero-order valence-electron chi connectivity index (χ0n) is 19.3. The molecule has 1 unspecified atom stereocenters. The van der Waals surface area contributed by atoms with E-state index in [9.17, 15) is 14.0 Å². The van der Waals surface area contributed by atoms with Gasteiger partial charge in [-0.1, -0.05) is 0 Å². The molecule has 0 bridgehead atoms. The molecule has 1 aliphatic heterocycles. The zero-order chi connectivity index (χ0) is 25.1. The zero-order valence-corrected chi connectivity index (χ0v) is 19.3. The van der Waals surface area contributed by atoms with Crippen molar-refractivity contribution in [3.05, 3.63) is 29.5 Å². The number of hydrogen-bond acceptors (Lipinski definition) is 9. The predicted octanol–water partition coefficient (Wildman–Crippen LogP) is 1.55. The number of rotatable bonds is 5. The molecule has 4 heterocycles. The van der Waals surface area contributed by atoms with Crippen LogP contribution in [-0.2, 0) is 18.4 Å². The molecule has 3 aromatic heterocycles. The molecular weight excluding hydrogens is 462 g/mol. The van der Waals surface area contributed by atoms with E-state index in [1.807, 2.05) is 11.9 Å². The number of fused-ring (bicyclic) bond motifs is 3. The van der Waals surface area contributed by atoms with E-state index in [4.69, 9.17) is 0 Å². The lowest BCUT2D eigenvalue weighted by molar-refractivity contribution is -0.118. The standard InChI is InChI=1S/C21H22F2N10O2/c1-21(23)7-10(21)19(34)27-17-12(22)14(15(28-29-17)20(35)24-2)26-18-16-9(5-6-25-18)13-11(8-32(16)3)30-33(4)31-13/h5-6,10H,7-8H2,1-4H3,(H,24,35)(H2,25,26,27,29,34)/t10-,21?/m0/s1. The van der Waals surface area contributed by atoms with Crippen LogP contribution >= 0.6 is 0 Å². The molecule has 3 aromatic rings. The summed E-state index contributed by atoms with van der Waals surface area (Å²) >= 11 is 0. The first-order valence-corrected chi connectivity index (χ1v) is 10.8. The number of amides is 2. The lowest BCUT2D eigenvalue weighted by Crippen LogP contribution is -2.26. The molecule has 1 saturated carbocycles. The lowest BCUT2D eigenvalue weighted by Gasteiger charge is -2.28. The van der Waals surface area contributed by atoms with Crippen LogP contribution in [-0.4, -0.2) is 61.8 Å². The molecule has 35 heavy (non-hydrogen) atoms. The molecule has 0 spiro atoms. The summed E-state index contributed by atoms with van der Waals surface area (Å²) in [6, 6.07) is 1.76.